The summed E-state index contributed by atoms with van der Waals surface area (Å²) in [6.45, 7) is -1.66. The third kappa shape index (κ3) is 2.90. The van der Waals surface area contributed by atoms with Gasteiger partial charge in [0.25, 0.3) is 5.60 Å². The SMILES string of the molecule is O=C(O)C12CCCC(CC(C3OCC(C(F)(F)F)(C(F)(F)F)O3)C1)C2. The number of hydrogen-bond donors (Lipinski definition) is 1. The Kier molecular flexibility index (Phi) is 4.30. The molecule has 3 rings (SSSR count). The first kappa shape index (κ1) is 18.8. The molecule has 144 valence electrons. The Hall–Kier alpha value is -1.03. The van der Waals surface area contributed by atoms with E-state index in [1.54, 1.807) is 0 Å². The molecule has 1 N–H and O–H groups in total. The summed E-state index contributed by atoms with van der Waals surface area (Å²) in [4.78, 5) is 11.7. The second kappa shape index (κ2) is 5.73. The molecule has 25 heavy (non-hydrogen) atoms. The van der Waals surface area contributed by atoms with Crippen molar-refractivity contribution in [3.8, 4) is 0 Å². The van der Waals surface area contributed by atoms with E-state index in [1.807, 2.05) is 0 Å². The number of rotatable bonds is 2. The van der Waals surface area contributed by atoms with Crippen molar-refractivity contribution in [1.29, 1.82) is 0 Å². The van der Waals surface area contributed by atoms with Gasteiger partial charge in [-0.3, -0.25) is 4.79 Å². The highest BCUT2D eigenvalue weighted by Crippen LogP contribution is 2.56. The van der Waals surface area contributed by atoms with E-state index in [9.17, 15) is 36.2 Å². The van der Waals surface area contributed by atoms with Crippen molar-refractivity contribution < 1.29 is 45.7 Å². The van der Waals surface area contributed by atoms with Crippen LogP contribution in [0.3, 0.4) is 0 Å². The molecule has 0 amide bonds. The van der Waals surface area contributed by atoms with Gasteiger partial charge in [-0.15, -0.1) is 0 Å². The highest BCUT2D eigenvalue weighted by molar-refractivity contribution is 5.75. The molecule has 1 saturated heterocycles. The smallest absolute Gasteiger partial charge is 0.428 e. The summed E-state index contributed by atoms with van der Waals surface area (Å²) in [5.74, 6) is -1.91. The molecule has 4 nitrogen and oxygen atoms in total. The zero-order chi connectivity index (χ0) is 18.7. The van der Waals surface area contributed by atoms with Crippen LogP contribution in [-0.2, 0) is 14.3 Å². The van der Waals surface area contributed by atoms with Crippen LogP contribution in [0.4, 0.5) is 26.3 Å². The van der Waals surface area contributed by atoms with Crippen molar-refractivity contribution in [2.24, 2.45) is 17.3 Å². The number of halogens is 6. The number of carboxylic acid groups (broad SMARTS) is 1. The lowest BCUT2D eigenvalue weighted by Crippen LogP contribution is -2.59. The summed E-state index contributed by atoms with van der Waals surface area (Å²) in [6, 6.07) is 0. The number of carboxylic acids is 1. The zero-order valence-corrected chi connectivity index (χ0v) is 13.1. The molecule has 0 aromatic heterocycles. The van der Waals surface area contributed by atoms with Crippen LogP contribution in [-0.4, -0.2) is 41.9 Å². The first-order valence-electron chi connectivity index (χ1n) is 8.06. The molecular formula is C15H18F6O4. The number of carbonyl (C=O) groups is 1. The molecule has 0 aromatic rings. The van der Waals surface area contributed by atoms with Gasteiger partial charge < -0.3 is 14.6 Å². The van der Waals surface area contributed by atoms with Crippen molar-refractivity contribution in [3.63, 3.8) is 0 Å². The van der Waals surface area contributed by atoms with Gasteiger partial charge in [0.05, 0.1) is 12.0 Å². The molecule has 0 spiro atoms. The van der Waals surface area contributed by atoms with Crippen molar-refractivity contribution in [2.75, 3.05) is 6.61 Å². The topological polar surface area (TPSA) is 55.8 Å². The third-order valence-corrected chi connectivity index (χ3v) is 5.76. The predicted octanol–water partition coefficient (Wildman–Crippen LogP) is 3.89. The van der Waals surface area contributed by atoms with E-state index in [1.165, 1.54) is 0 Å². The molecule has 2 aliphatic carbocycles. The van der Waals surface area contributed by atoms with Crippen LogP contribution in [0.1, 0.15) is 38.5 Å². The first-order chi connectivity index (χ1) is 11.4. The fourth-order valence-corrected chi connectivity index (χ4v) is 4.53. The molecule has 1 aliphatic heterocycles. The Balaban J connectivity index is 1.83. The molecule has 0 radical (unpaired) electrons. The van der Waals surface area contributed by atoms with E-state index in [0.29, 0.717) is 32.1 Å². The van der Waals surface area contributed by atoms with E-state index in [2.05, 4.69) is 4.74 Å². The molecule has 4 unspecified atom stereocenters. The van der Waals surface area contributed by atoms with Crippen molar-refractivity contribution in [2.45, 2.75) is 62.8 Å². The van der Waals surface area contributed by atoms with Gasteiger partial charge in [0.2, 0.25) is 0 Å². The maximum absolute atomic E-state index is 13.1. The van der Waals surface area contributed by atoms with Gasteiger partial charge in [-0.05, 0) is 31.6 Å². The Morgan fingerprint density at radius 2 is 1.72 bits per heavy atom. The average molecular weight is 376 g/mol. The highest BCUT2D eigenvalue weighted by Gasteiger charge is 2.76. The molecule has 0 aromatic carbocycles. The third-order valence-electron chi connectivity index (χ3n) is 5.76. The predicted molar refractivity (Wildman–Crippen MR) is 70.4 cm³/mol. The van der Waals surface area contributed by atoms with Gasteiger partial charge >= 0.3 is 18.3 Å². The molecule has 4 atom stereocenters. The van der Waals surface area contributed by atoms with Gasteiger partial charge in [-0.2, -0.15) is 26.3 Å². The van der Waals surface area contributed by atoms with Crippen LogP contribution in [0, 0.1) is 17.3 Å². The molecule has 2 saturated carbocycles. The minimum atomic E-state index is -5.67. The summed E-state index contributed by atoms with van der Waals surface area (Å²) >= 11 is 0. The number of fused-ring (bicyclic) bond motifs is 2. The summed E-state index contributed by atoms with van der Waals surface area (Å²) in [7, 11) is 0. The second-order valence-corrected chi connectivity index (χ2v) is 7.37. The number of aliphatic carboxylic acids is 1. The van der Waals surface area contributed by atoms with Gasteiger partial charge in [0.15, 0.2) is 6.29 Å². The standard InChI is InChI=1S/C15H18F6O4/c16-14(17,18)13(15(19,20)21)7-24-10(25-13)9-4-8-2-1-3-12(5-8,6-9)11(22)23/h8-10H,1-7H2,(H,22,23). The first-order valence-corrected chi connectivity index (χ1v) is 8.06. The Bertz CT molecular complexity index is 531. The molecular weight excluding hydrogens is 358 g/mol. The van der Waals surface area contributed by atoms with Crippen LogP contribution < -0.4 is 0 Å². The minimum absolute atomic E-state index is 0.0324. The number of alkyl halides is 6. The minimum Gasteiger partial charge on any atom is -0.481 e. The van der Waals surface area contributed by atoms with Gasteiger partial charge in [0, 0.05) is 5.92 Å². The maximum Gasteiger partial charge on any atom is 0.428 e. The van der Waals surface area contributed by atoms with Crippen LogP contribution >= 0.6 is 0 Å². The summed E-state index contributed by atoms with van der Waals surface area (Å²) < 4.78 is 87.6. The van der Waals surface area contributed by atoms with Crippen molar-refractivity contribution >= 4 is 5.97 Å². The Labute approximate surface area is 139 Å². The van der Waals surface area contributed by atoms with E-state index in [-0.39, 0.29) is 12.3 Å². The molecule has 2 bridgehead atoms. The average Bonchev–Trinajstić information content (AvgIpc) is 2.92. The van der Waals surface area contributed by atoms with E-state index >= 15 is 0 Å². The summed E-state index contributed by atoms with van der Waals surface area (Å²) in [5.41, 5.74) is -5.46. The lowest BCUT2D eigenvalue weighted by molar-refractivity contribution is -0.372. The second-order valence-electron chi connectivity index (χ2n) is 7.37. The fraction of sp³-hybridized carbons (Fsp3) is 0.933. The maximum atomic E-state index is 13.1. The number of hydrogen-bond acceptors (Lipinski definition) is 3. The lowest BCUT2D eigenvalue weighted by Gasteiger charge is -2.46. The molecule has 1 heterocycles. The fourth-order valence-electron chi connectivity index (χ4n) is 4.53. The van der Waals surface area contributed by atoms with Gasteiger partial charge in [-0.25, -0.2) is 0 Å². The van der Waals surface area contributed by atoms with Crippen LogP contribution in [0.25, 0.3) is 0 Å². The Morgan fingerprint density at radius 1 is 1.08 bits per heavy atom. The van der Waals surface area contributed by atoms with Crippen molar-refractivity contribution in [1.82, 2.24) is 0 Å². The zero-order valence-electron chi connectivity index (χ0n) is 13.1. The van der Waals surface area contributed by atoms with E-state index in [0.717, 1.165) is 0 Å². The lowest BCUT2D eigenvalue weighted by atomic mass is 9.59. The van der Waals surface area contributed by atoms with Crippen LogP contribution in [0.15, 0.2) is 0 Å². The Morgan fingerprint density at radius 3 is 2.24 bits per heavy atom. The summed E-state index contributed by atoms with van der Waals surface area (Å²) in [5, 5.41) is 9.52. The quantitative estimate of drug-likeness (QED) is 0.743. The molecule has 10 heteroatoms. The van der Waals surface area contributed by atoms with E-state index in [4.69, 9.17) is 4.74 Å². The number of ether oxygens (including phenoxy) is 2. The van der Waals surface area contributed by atoms with E-state index < -0.39 is 48.2 Å². The van der Waals surface area contributed by atoms with Gasteiger partial charge in [0.1, 0.15) is 0 Å². The van der Waals surface area contributed by atoms with Crippen LogP contribution in [0.5, 0.6) is 0 Å². The largest absolute Gasteiger partial charge is 0.481 e. The summed E-state index contributed by atoms with van der Waals surface area (Å²) in [6.07, 6.45) is -10.6. The van der Waals surface area contributed by atoms with Crippen molar-refractivity contribution in [3.05, 3.63) is 0 Å². The molecule has 3 fully saturated rings. The normalized spacial score (nSPS) is 38.6. The monoisotopic (exact) mass is 376 g/mol. The van der Waals surface area contributed by atoms with Crippen LogP contribution in [0.2, 0.25) is 0 Å². The molecule has 3 aliphatic rings. The highest BCUT2D eigenvalue weighted by atomic mass is 19.4. The van der Waals surface area contributed by atoms with Gasteiger partial charge in [-0.1, -0.05) is 12.8 Å².